The van der Waals surface area contributed by atoms with Crippen molar-refractivity contribution >= 4 is 0 Å². The van der Waals surface area contributed by atoms with Crippen molar-refractivity contribution in [3.8, 4) is 0 Å². The summed E-state index contributed by atoms with van der Waals surface area (Å²) >= 11 is 0. The maximum Gasteiger partial charge on any atom is 0.251 e. The second kappa shape index (κ2) is 7.36. The zero-order chi connectivity index (χ0) is 13.7. The molecule has 3 nitrogen and oxygen atoms in total. The second-order valence-electron chi connectivity index (χ2n) is 5.76. The lowest BCUT2D eigenvalue weighted by Gasteiger charge is -2.40. The van der Waals surface area contributed by atoms with Gasteiger partial charge in [0, 0.05) is 19.1 Å². The molecule has 0 aliphatic heterocycles. The largest absolute Gasteiger partial charge is 0.395 e. The Morgan fingerprint density at radius 1 is 1.33 bits per heavy atom. The Labute approximate surface area is 108 Å². The number of nitrogens with two attached hydrogens (primary N) is 1. The third-order valence-corrected chi connectivity index (χ3v) is 4.01. The van der Waals surface area contributed by atoms with Crippen molar-refractivity contribution in [1.29, 1.82) is 0 Å². The first kappa shape index (κ1) is 15.8. The first-order chi connectivity index (χ1) is 8.43. The highest BCUT2D eigenvalue weighted by Crippen LogP contribution is 2.33. The summed E-state index contributed by atoms with van der Waals surface area (Å²) in [5.41, 5.74) is 6.16. The lowest BCUT2D eigenvalue weighted by molar-refractivity contribution is 0.0491. The molecule has 0 saturated heterocycles. The zero-order valence-corrected chi connectivity index (χ0v) is 11.4. The number of hydrogen-bond donors (Lipinski definition) is 2. The van der Waals surface area contributed by atoms with Gasteiger partial charge in [-0.05, 0) is 30.6 Å². The molecule has 0 aromatic carbocycles. The van der Waals surface area contributed by atoms with E-state index < -0.39 is 6.43 Å². The van der Waals surface area contributed by atoms with Gasteiger partial charge < -0.3 is 10.8 Å². The van der Waals surface area contributed by atoms with Crippen LogP contribution in [0.1, 0.15) is 26.7 Å². The standard InChI is InChI=1S/C13H26F2N2O/c1-9-5-10(2)11(12(16)6-9)7-17(3-4-18)8-13(14)15/h9-13,18H,3-8,16H2,1-2H3. The second-order valence-corrected chi connectivity index (χ2v) is 5.76. The molecular weight excluding hydrogens is 238 g/mol. The fraction of sp³-hybridized carbons (Fsp3) is 1.00. The molecule has 1 rings (SSSR count). The summed E-state index contributed by atoms with van der Waals surface area (Å²) in [6, 6.07) is 0.0858. The van der Waals surface area contributed by atoms with Crippen LogP contribution in [-0.4, -0.2) is 48.7 Å². The molecule has 5 heteroatoms. The van der Waals surface area contributed by atoms with Crippen molar-refractivity contribution in [2.24, 2.45) is 23.5 Å². The smallest absolute Gasteiger partial charge is 0.251 e. The van der Waals surface area contributed by atoms with Crippen LogP contribution >= 0.6 is 0 Å². The fourth-order valence-corrected chi connectivity index (χ4v) is 3.17. The maximum atomic E-state index is 12.5. The first-order valence-corrected chi connectivity index (χ1v) is 6.81. The predicted octanol–water partition coefficient (Wildman–Crippen LogP) is 1.56. The van der Waals surface area contributed by atoms with Crippen molar-refractivity contribution in [2.45, 2.75) is 39.2 Å². The molecule has 1 fully saturated rings. The molecule has 1 aliphatic rings. The molecule has 3 N–H and O–H groups in total. The molecule has 0 radical (unpaired) electrons. The number of rotatable bonds is 6. The van der Waals surface area contributed by atoms with Gasteiger partial charge in [0.15, 0.2) is 0 Å². The van der Waals surface area contributed by atoms with Gasteiger partial charge in [0.1, 0.15) is 0 Å². The van der Waals surface area contributed by atoms with Gasteiger partial charge in [-0.3, -0.25) is 4.90 Å². The quantitative estimate of drug-likeness (QED) is 0.765. The van der Waals surface area contributed by atoms with E-state index in [1.54, 1.807) is 4.90 Å². The van der Waals surface area contributed by atoms with Gasteiger partial charge in [0.05, 0.1) is 13.2 Å². The van der Waals surface area contributed by atoms with E-state index in [0.29, 0.717) is 24.9 Å². The summed E-state index contributed by atoms with van der Waals surface area (Å²) < 4.78 is 24.9. The summed E-state index contributed by atoms with van der Waals surface area (Å²) in [7, 11) is 0. The number of halogens is 2. The monoisotopic (exact) mass is 264 g/mol. The van der Waals surface area contributed by atoms with Gasteiger partial charge in [-0.2, -0.15) is 0 Å². The summed E-state index contributed by atoms with van der Waals surface area (Å²) in [4.78, 5) is 1.64. The highest BCUT2D eigenvalue weighted by Gasteiger charge is 2.33. The molecule has 0 amide bonds. The maximum absolute atomic E-state index is 12.5. The molecule has 0 heterocycles. The molecule has 18 heavy (non-hydrogen) atoms. The zero-order valence-electron chi connectivity index (χ0n) is 11.4. The molecule has 0 spiro atoms. The molecule has 4 atom stereocenters. The van der Waals surface area contributed by atoms with Crippen LogP contribution < -0.4 is 5.73 Å². The third kappa shape index (κ3) is 4.78. The van der Waals surface area contributed by atoms with Crippen molar-refractivity contribution < 1.29 is 13.9 Å². The number of alkyl halides is 2. The lowest BCUT2D eigenvalue weighted by atomic mass is 9.72. The predicted molar refractivity (Wildman–Crippen MR) is 68.6 cm³/mol. The van der Waals surface area contributed by atoms with E-state index in [0.717, 1.165) is 12.8 Å². The normalized spacial score (nSPS) is 33.3. The Bertz CT molecular complexity index is 229. The average Bonchev–Trinajstić information content (AvgIpc) is 2.22. The fourth-order valence-electron chi connectivity index (χ4n) is 3.17. The van der Waals surface area contributed by atoms with Crippen LogP contribution in [0.3, 0.4) is 0 Å². The Morgan fingerprint density at radius 2 is 2.00 bits per heavy atom. The van der Waals surface area contributed by atoms with Crippen molar-refractivity contribution in [1.82, 2.24) is 4.90 Å². The van der Waals surface area contributed by atoms with Gasteiger partial charge in [-0.1, -0.05) is 13.8 Å². The van der Waals surface area contributed by atoms with E-state index in [1.165, 1.54) is 0 Å². The van der Waals surface area contributed by atoms with E-state index in [-0.39, 0.29) is 25.1 Å². The van der Waals surface area contributed by atoms with Crippen LogP contribution in [0.2, 0.25) is 0 Å². The van der Waals surface area contributed by atoms with Crippen LogP contribution in [-0.2, 0) is 0 Å². The minimum Gasteiger partial charge on any atom is -0.395 e. The van der Waals surface area contributed by atoms with E-state index in [9.17, 15) is 8.78 Å². The van der Waals surface area contributed by atoms with E-state index in [2.05, 4.69) is 13.8 Å². The van der Waals surface area contributed by atoms with Crippen LogP contribution in [0.5, 0.6) is 0 Å². The SMILES string of the molecule is CC1CC(C)C(CN(CCO)CC(F)F)C(N)C1. The molecule has 1 aliphatic carbocycles. The molecule has 0 aromatic rings. The van der Waals surface area contributed by atoms with Crippen molar-refractivity contribution in [3.63, 3.8) is 0 Å². The summed E-state index contributed by atoms with van der Waals surface area (Å²) in [6.45, 7) is 4.86. The molecule has 1 saturated carbocycles. The highest BCUT2D eigenvalue weighted by atomic mass is 19.3. The number of aliphatic hydroxyl groups is 1. The van der Waals surface area contributed by atoms with Crippen LogP contribution in [0.25, 0.3) is 0 Å². The Kier molecular flexibility index (Phi) is 6.46. The van der Waals surface area contributed by atoms with E-state index in [1.807, 2.05) is 0 Å². The Balaban J connectivity index is 2.55. The van der Waals surface area contributed by atoms with Crippen LogP contribution in [0.15, 0.2) is 0 Å². The summed E-state index contributed by atoms with van der Waals surface area (Å²) in [5.74, 6) is 1.33. The van der Waals surface area contributed by atoms with Gasteiger partial charge >= 0.3 is 0 Å². The summed E-state index contributed by atoms with van der Waals surface area (Å²) in [6.07, 6.45) is -0.276. The van der Waals surface area contributed by atoms with E-state index >= 15 is 0 Å². The topological polar surface area (TPSA) is 49.5 Å². The Hall–Kier alpha value is -0.260. The van der Waals surface area contributed by atoms with Gasteiger partial charge in [-0.25, -0.2) is 8.78 Å². The van der Waals surface area contributed by atoms with E-state index in [4.69, 9.17) is 10.8 Å². The summed E-state index contributed by atoms with van der Waals surface area (Å²) in [5, 5.41) is 8.94. The first-order valence-electron chi connectivity index (χ1n) is 6.81. The molecule has 108 valence electrons. The molecule has 0 bridgehead atoms. The van der Waals surface area contributed by atoms with Crippen LogP contribution in [0.4, 0.5) is 8.78 Å². The average molecular weight is 264 g/mol. The highest BCUT2D eigenvalue weighted by molar-refractivity contribution is 4.87. The molecule has 0 aromatic heterocycles. The van der Waals surface area contributed by atoms with Gasteiger partial charge in [0.25, 0.3) is 6.43 Å². The number of aliphatic hydroxyl groups excluding tert-OH is 1. The molecular formula is C13H26F2N2O. The minimum absolute atomic E-state index is 0.0839. The van der Waals surface area contributed by atoms with Gasteiger partial charge in [0.2, 0.25) is 0 Å². The van der Waals surface area contributed by atoms with Crippen molar-refractivity contribution in [3.05, 3.63) is 0 Å². The Morgan fingerprint density at radius 3 is 2.50 bits per heavy atom. The van der Waals surface area contributed by atoms with Gasteiger partial charge in [-0.15, -0.1) is 0 Å². The number of hydrogen-bond acceptors (Lipinski definition) is 3. The molecule has 4 unspecified atom stereocenters. The number of nitrogens with zero attached hydrogens (tertiary/aromatic N) is 1. The minimum atomic E-state index is -2.36. The van der Waals surface area contributed by atoms with Crippen LogP contribution in [0, 0.1) is 17.8 Å². The van der Waals surface area contributed by atoms with Crippen molar-refractivity contribution in [2.75, 3.05) is 26.2 Å². The lowest BCUT2D eigenvalue weighted by Crippen LogP contribution is -2.48. The third-order valence-electron chi connectivity index (χ3n) is 4.01.